The van der Waals surface area contributed by atoms with Gasteiger partial charge in [-0.05, 0) is 24.6 Å². The maximum atomic E-state index is 13.0. The molecule has 3 aromatic rings. The van der Waals surface area contributed by atoms with E-state index in [2.05, 4.69) is 5.10 Å². The Morgan fingerprint density at radius 3 is 2.46 bits per heavy atom. The Labute approximate surface area is 164 Å². The lowest BCUT2D eigenvalue weighted by atomic mass is 10.0. The number of anilines is 1. The largest absolute Gasteiger partial charge is 0.323 e. The highest BCUT2D eigenvalue weighted by Crippen LogP contribution is 2.32. The summed E-state index contributed by atoms with van der Waals surface area (Å²) in [5.41, 5.74) is 3.30. The fourth-order valence-electron chi connectivity index (χ4n) is 3.60. The van der Waals surface area contributed by atoms with Gasteiger partial charge in [0.2, 0.25) is 5.91 Å². The molecular weight excluding hydrogens is 352 g/mol. The SMILES string of the molecule is CC1CN(c2ccccc2-c2ccccc2)C(=O)CN1C(=O)c1ccn(C)n1. The molecule has 0 saturated carbocycles. The van der Waals surface area contributed by atoms with Gasteiger partial charge < -0.3 is 9.80 Å². The summed E-state index contributed by atoms with van der Waals surface area (Å²) in [4.78, 5) is 29.2. The Morgan fingerprint density at radius 2 is 1.75 bits per heavy atom. The van der Waals surface area contributed by atoms with Crippen LogP contribution in [0, 0.1) is 0 Å². The van der Waals surface area contributed by atoms with Crippen molar-refractivity contribution in [1.29, 1.82) is 0 Å². The number of amides is 2. The van der Waals surface area contributed by atoms with Gasteiger partial charge in [-0.3, -0.25) is 14.3 Å². The first-order chi connectivity index (χ1) is 13.5. The number of carbonyl (C=O) groups is 2. The molecule has 0 bridgehead atoms. The number of nitrogens with zero attached hydrogens (tertiary/aromatic N) is 4. The van der Waals surface area contributed by atoms with Crippen LogP contribution in [0.1, 0.15) is 17.4 Å². The van der Waals surface area contributed by atoms with Crippen LogP contribution in [0.3, 0.4) is 0 Å². The third-order valence-corrected chi connectivity index (χ3v) is 5.06. The van der Waals surface area contributed by atoms with Crippen LogP contribution < -0.4 is 4.90 Å². The lowest BCUT2D eigenvalue weighted by Gasteiger charge is -2.39. The molecule has 142 valence electrons. The van der Waals surface area contributed by atoms with Gasteiger partial charge >= 0.3 is 0 Å². The summed E-state index contributed by atoms with van der Waals surface area (Å²) in [5, 5.41) is 4.18. The Balaban J connectivity index is 1.61. The van der Waals surface area contributed by atoms with Crippen LogP contribution in [-0.2, 0) is 11.8 Å². The van der Waals surface area contributed by atoms with E-state index in [1.807, 2.05) is 61.5 Å². The second kappa shape index (κ2) is 7.31. The summed E-state index contributed by atoms with van der Waals surface area (Å²) < 4.78 is 1.59. The molecule has 28 heavy (non-hydrogen) atoms. The predicted molar refractivity (Wildman–Crippen MR) is 108 cm³/mol. The molecule has 1 unspecified atom stereocenters. The van der Waals surface area contributed by atoms with E-state index in [1.165, 1.54) is 0 Å². The van der Waals surface area contributed by atoms with Crippen molar-refractivity contribution < 1.29 is 9.59 Å². The van der Waals surface area contributed by atoms with Crippen LogP contribution in [-0.4, -0.2) is 45.6 Å². The summed E-state index contributed by atoms with van der Waals surface area (Å²) in [6, 6.07) is 19.5. The molecule has 0 spiro atoms. The van der Waals surface area contributed by atoms with Crippen molar-refractivity contribution in [3.05, 3.63) is 72.6 Å². The minimum Gasteiger partial charge on any atom is -0.323 e. The van der Waals surface area contributed by atoms with Crippen molar-refractivity contribution in [2.75, 3.05) is 18.0 Å². The average Bonchev–Trinajstić information content (AvgIpc) is 3.16. The zero-order valence-corrected chi connectivity index (χ0v) is 15.9. The Bertz CT molecular complexity index is 1010. The maximum Gasteiger partial charge on any atom is 0.275 e. The second-order valence-corrected chi connectivity index (χ2v) is 7.04. The molecule has 1 fully saturated rings. The molecule has 2 amide bonds. The van der Waals surface area contributed by atoms with E-state index in [0.717, 1.165) is 16.8 Å². The third-order valence-electron chi connectivity index (χ3n) is 5.06. The maximum absolute atomic E-state index is 13.0. The van der Waals surface area contributed by atoms with E-state index < -0.39 is 0 Å². The predicted octanol–water partition coefficient (Wildman–Crippen LogP) is 2.96. The highest BCUT2D eigenvalue weighted by molar-refractivity contribution is 6.03. The monoisotopic (exact) mass is 374 g/mol. The van der Waals surface area contributed by atoms with Gasteiger partial charge in [-0.2, -0.15) is 5.10 Å². The summed E-state index contributed by atoms with van der Waals surface area (Å²) >= 11 is 0. The summed E-state index contributed by atoms with van der Waals surface area (Å²) in [6.07, 6.45) is 1.73. The van der Waals surface area contributed by atoms with Crippen molar-refractivity contribution in [3.63, 3.8) is 0 Å². The summed E-state index contributed by atoms with van der Waals surface area (Å²) in [5.74, 6) is -0.303. The van der Waals surface area contributed by atoms with E-state index in [-0.39, 0.29) is 24.4 Å². The Hall–Kier alpha value is -3.41. The third kappa shape index (κ3) is 3.29. The van der Waals surface area contributed by atoms with Gasteiger partial charge in [0.1, 0.15) is 12.2 Å². The molecule has 4 rings (SSSR count). The van der Waals surface area contributed by atoms with Crippen LogP contribution in [0.5, 0.6) is 0 Å². The van der Waals surface area contributed by atoms with Crippen LogP contribution in [0.4, 0.5) is 5.69 Å². The van der Waals surface area contributed by atoms with E-state index in [0.29, 0.717) is 12.2 Å². The number of piperazine rings is 1. The fourth-order valence-corrected chi connectivity index (χ4v) is 3.60. The summed E-state index contributed by atoms with van der Waals surface area (Å²) in [6.45, 7) is 2.45. The molecule has 6 heteroatoms. The van der Waals surface area contributed by atoms with Crippen LogP contribution in [0.15, 0.2) is 66.9 Å². The van der Waals surface area contributed by atoms with Gasteiger partial charge in [0, 0.05) is 31.4 Å². The van der Waals surface area contributed by atoms with Crippen molar-refractivity contribution in [3.8, 4) is 11.1 Å². The van der Waals surface area contributed by atoms with Gasteiger partial charge in [-0.25, -0.2) is 0 Å². The zero-order chi connectivity index (χ0) is 19.7. The molecule has 2 heterocycles. The fraction of sp³-hybridized carbons (Fsp3) is 0.227. The van der Waals surface area contributed by atoms with E-state index in [4.69, 9.17) is 0 Å². The van der Waals surface area contributed by atoms with Crippen LogP contribution in [0.2, 0.25) is 0 Å². The quantitative estimate of drug-likeness (QED) is 0.708. The number of para-hydroxylation sites is 1. The topological polar surface area (TPSA) is 58.4 Å². The van der Waals surface area contributed by atoms with Gasteiger partial charge in [-0.15, -0.1) is 0 Å². The molecule has 1 saturated heterocycles. The molecule has 1 aliphatic rings. The molecular formula is C22H22N4O2. The number of hydrogen-bond donors (Lipinski definition) is 0. The van der Waals surface area contributed by atoms with Gasteiger partial charge in [0.15, 0.2) is 0 Å². The first-order valence-corrected chi connectivity index (χ1v) is 9.30. The lowest BCUT2D eigenvalue weighted by molar-refractivity contribution is -0.121. The van der Waals surface area contributed by atoms with Crippen molar-refractivity contribution in [2.45, 2.75) is 13.0 Å². The smallest absolute Gasteiger partial charge is 0.275 e. The normalized spacial score (nSPS) is 17.1. The van der Waals surface area contributed by atoms with E-state index in [9.17, 15) is 9.59 Å². The van der Waals surface area contributed by atoms with Gasteiger partial charge in [-0.1, -0.05) is 48.5 Å². The average molecular weight is 374 g/mol. The highest BCUT2D eigenvalue weighted by Gasteiger charge is 2.35. The molecule has 0 radical (unpaired) electrons. The van der Waals surface area contributed by atoms with Crippen molar-refractivity contribution in [1.82, 2.24) is 14.7 Å². The lowest BCUT2D eigenvalue weighted by Crippen LogP contribution is -2.57. The molecule has 0 N–H and O–H groups in total. The minimum absolute atomic E-state index is 0.0414. The second-order valence-electron chi connectivity index (χ2n) is 7.04. The Morgan fingerprint density at radius 1 is 1.04 bits per heavy atom. The van der Waals surface area contributed by atoms with Crippen LogP contribution in [0.25, 0.3) is 11.1 Å². The Kier molecular flexibility index (Phi) is 4.69. The highest BCUT2D eigenvalue weighted by atomic mass is 16.2. The summed E-state index contributed by atoms with van der Waals surface area (Å²) in [7, 11) is 1.77. The molecule has 0 aliphatic carbocycles. The standard InChI is InChI=1S/C22H22N4O2/c1-16-14-26(20-11-7-6-10-18(20)17-8-4-3-5-9-17)21(27)15-25(16)22(28)19-12-13-24(2)23-19/h3-13,16H,14-15H2,1-2H3. The molecule has 2 aromatic carbocycles. The first-order valence-electron chi connectivity index (χ1n) is 9.30. The van der Waals surface area contributed by atoms with Gasteiger partial charge in [0.05, 0.1) is 5.69 Å². The molecule has 1 aliphatic heterocycles. The first kappa shape index (κ1) is 18.0. The molecule has 6 nitrogen and oxygen atoms in total. The molecule has 1 atom stereocenters. The number of rotatable bonds is 3. The van der Waals surface area contributed by atoms with Crippen LogP contribution >= 0.6 is 0 Å². The number of benzene rings is 2. The number of hydrogen-bond acceptors (Lipinski definition) is 3. The zero-order valence-electron chi connectivity index (χ0n) is 15.9. The number of aromatic nitrogens is 2. The molecule has 1 aromatic heterocycles. The number of aryl methyl sites for hydroxylation is 1. The van der Waals surface area contributed by atoms with Crippen molar-refractivity contribution in [2.24, 2.45) is 7.05 Å². The van der Waals surface area contributed by atoms with Crippen molar-refractivity contribution >= 4 is 17.5 Å². The van der Waals surface area contributed by atoms with E-state index in [1.54, 1.807) is 33.8 Å². The number of carbonyl (C=O) groups excluding carboxylic acids is 2. The van der Waals surface area contributed by atoms with Gasteiger partial charge in [0.25, 0.3) is 5.91 Å². The van der Waals surface area contributed by atoms with E-state index >= 15 is 0 Å². The minimum atomic E-state index is -0.211.